The molecule has 2 rings (SSSR count). The van der Waals surface area contributed by atoms with Crippen molar-refractivity contribution in [2.45, 2.75) is 19.8 Å². The maximum atomic E-state index is 11.7. The van der Waals surface area contributed by atoms with Crippen LogP contribution in [0.1, 0.15) is 29.4 Å². The number of carboxylic acids is 1. The highest BCUT2D eigenvalue weighted by molar-refractivity contribution is 5.88. The maximum Gasteiger partial charge on any atom is 0.341 e. The van der Waals surface area contributed by atoms with Crippen molar-refractivity contribution in [2.24, 2.45) is 0 Å². The average Bonchev–Trinajstić information content (AvgIpc) is 2.40. The fraction of sp³-hybridized carbons (Fsp3) is 0.214. The van der Waals surface area contributed by atoms with Crippen LogP contribution >= 0.6 is 0 Å². The molecule has 0 amide bonds. The zero-order valence-electron chi connectivity index (χ0n) is 10.5. The summed E-state index contributed by atoms with van der Waals surface area (Å²) in [7, 11) is 0. The predicted octanol–water partition coefficient (Wildman–Crippen LogP) is 1.88. The number of carboxylic acid groups (broad SMARTS) is 1. The molecule has 1 heterocycles. The van der Waals surface area contributed by atoms with Crippen LogP contribution in [0, 0.1) is 0 Å². The molecular weight excluding hydrogens is 244 g/mol. The van der Waals surface area contributed by atoms with Gasteiger partial charge < -0.3 is 5.11 Å². The molecule has 2 aromatic rings. The second kappa shape index (κ2) is 5.48. The molecule has 1 N–H and O–H groups in total. The van der Waals surface area contributed by atoms with E-state index in [2.05, 4.69) is 5.10 Å². The van der Waals surface area contributed by atoms with Crippen LogP contribution in [-0.4, -0.2) is 20.9 Å². The molecular formula is C14H14N2O3. The fourth-order valence-electron chi connectivity index (χ4n) is 1.98. The average molecular weight is 258 g/mol. The Morgan fingerprint density at radius 2 is 2.00 bits per heavy atom. The predicted molar refractivity (Wildman–Crippen MR) is 70.8 cm³/mol. The summed E-state index contributed by atoms with van der Waals surface area (Å²) in [5.41, 5.74) is 0.436. The molecule has 0 atom stereocenters. The van der Waals surface area contributed by atoms with Crippen LogP contribution in [0.4, 0.5) is 0 Å². The Balaban J connectivity index is 2.71. The highest BCUT2D eigenvalue weighted by Gasteiger charge is 2.18. The zero-order valence-corrected chi connectivity index (χ0v) is 10.5. The van der Waals surface area contributed by atoms with Crippen LogP contribution in [0.2, 0.25) is 0 Å². The summed E-state index contributed by atoms with van der Waals surface area (Å²) < 4.78 is 1.52. The van der Waals surface area contributed by atoms with E-state index in [1.807, 2.05) is 37.3 Å². The van der Waals surface area contributed by atoms with Crippen LogP contribution in [0.5, 0.6) is 0 Å². The summed E-state index contributed by atoms with van der Waals surface area (Å²) in [6, 6.07) is 9.19. The highest BCUT2D eigenvalue weighted by Crippen LogP contribution is 2.13. The number of aromatic carboxylic acids is 1. The topological polar surface area (TPSA) is 72.2 Å². The van der Waals surface area contributed by atoms with Gasteiger partial charge in [-0.3, -0.25) is 4.79 Å². The third-order valence-corrected chi connectivity index (χ3v) is 2.78. The lowest BCUT2D eigenvalue weighted by Gasteiger charge is -2.13. The minimum Gasteiger partial charge on any atom is -0.477 e. The second-order valence-corrected chi connectivity index (χ2v) is 4.13. The molecule has 19 heavy (non-hydrogen) atoms. The normalized spacial score (nSPS) is 10.4. The van der Waals surface area contributed by atoms with E-state index >= 15 is 0 Å². The first-order chi connectivity index (χ1) is 9.15. The van der Waals surface area contributed by atoms with Crippen LogP contribution in [-0.2, 0) is 6.42 Å². The van der Waals surface area contributed by atoms with Crippen molar-refractivity contribution >= 4 is 5.97 Å². The number of hydrogen-bond acceptors (Lipinski definition) is 3. The molecule has 0 fully saturated rings. The number of nitrogens with zero attached hydrogens (tertiary/aromatic N) is 2. The summed E-state index contributed by atoms with van der Waals surface area (Å²) in [5.74, 6) is -1.21. The highest BCUT2D eigenvalue weighted by atomic mass is 16.4. The van der Waals surface area contributed by atoms with Crippen molar-refractivity contribution in [3.8, 4) is 5.69 Å². The fourth-order valence-corrected chi connectivity index (χ4v) is 1.98. The van der Waals surface area contributed by atoms with Crippen molar-refractivity contribution in [3.63, 3.8) is 0 Å². The number of rotatable bonds is 4. The Labute approximate surface area is 110 Å². The molecule has 0 radical (unpaired) electrons. The number of aromatic nitrogens is 2. The van der Waals surface area contributed by atoms with Gasteiger partial charge in [-0.05, 0) is 18.6 Å². The zero-order chi connectivity index (χ0) is 13.8. The quantitative estimate of drug-likeness (QED) is 0.908. The first kappa shape index (κ1) is 13.0. The van der Waals surface area contributed by atoms with E-state index in [-0.39, 0.29) is 5.56 Å². The smallest absolute Gasteiger partial charge is 0.341 e. The lowest BCUT2D eigenvalue weighted by molar-refractivity contribution is 0.0693. The van der Waals surface area contributed by atoms with Crippen molar-refractivity contribution in [3.05, 3.63) is 58.0 Å². The van der Waals surface area contributed by atoms with Gasteiger partial charge in [0.2, 0.25) is 5.43 Å². The molecule has 0 aliphatic rings. The SMILES string of the molecule is CCCc1c(C(=O)O)c(=O)cnn1-c1ccccc1. The lowest BCUT2D eigenvalue weighted by atomic mass is 10.1. The standard InChI is InChI=1S/C14H14N2O3/c1-2-6-11-13(14(18)19)12(17)9-15-16(11)10-7-4-3-5-8-10/h3-5,7-9H,2,6H2,1H3,(H,18,19). The van der Waals surface area contributed by atoms with Crippen molar-refractivity contribution < 1.29 is 9.90 Å². The van der Waals surface area contributed by atoms with Gasteiger partial charge in [-0.1, -0.05) is 31.5 Å². The van der Waals surface area contributed by atoms with Gasteiger partial charge in [-0.25, -0.2) is 9.48 Å². The van der Waals surface area contributed by atoms with E-state index in [1.165, 1.54) is 4.68 Å². The van der Waals surface area contributed by atoms with Gasteiger partial charge in [0.25, 0.3) is 0 Å². The Morgan fingerprint density at radius 1 is 1.32 bits per heavy atom. The second-order valence-electron chi connectivity index (χ2n) is 4.13. The molecule has 0 unspecified atom stereocenters. The molecule has 0 saturated heterocycles. The van der Waals surface area contributed by atoms with E-state index in [9.17, 15) is 14.7 Å². The van der Waals surface area contributed by atoms with Gasteiger partial charge in [0.05, 0.1) is 17.6 Å². The van der Waals surface area contributed by atoms with Gasteiger partial charge in [-0.2, -0.15) is 5.10 Å². The number of para-hydroxylation sites is 1. The number of benzene rings is 1. The van der Waals surface area contributed by atoms with Crippen molar-refractivity contribution in [2.75, 3.05) is 0 Å². The van der Waals surface area contributed by atoms with Crippen LogP contribution < -0.4 is 5.43 Å². The summed E-state index contributed by atoms with van der Waals surface area (Å²) in [6.07, 6.45) is 2.27. The van der Waals surface area contributed by atoms with Gasteiger partial charge in [0.15, 0.2) is 0 Å². The van der Waals surface area contributed by atoms with E-state index in [0.717, 1.165) is 18.3 Å². The molecule has 5 heteroatoms. The van der Waals surface area contributed by atoms with Crippen LogP contribution in [0.15, 0.2) is 41.3 Å². The van der Waals surface area contributed by atoms with Gasteiger partial charge >= 0.3 is 5.97 Å². The summed E-state index contributed by atoms with van der Waals surface area (Å²) in [4.78, 5) is 22.9. The maximum absolute atomic E-state index is 11.7. The van der Waals surface area contributed by atoms with Crippen molar-refractivity contribution in [1.29, 1.82) is 0 Å². The molecule has 0 saturated carbocycles. The summed E-state index contributed by atoms with van der Waals surface area (Å²) >= 11 is 0. The lowest BCUT2D eigenvalue weighted by Crippen LogP contribution is -2.24. The minimum atomic E-state index is -1.21. The minimum absolute atomic E-state index is 0.194. The van der Waals surface area contributed by atoms with Gasteiger partial charge in [-0.15, -0.1) is 0 Å². The third kappa shape index (κ3) is 2.54. The molecule has 98 valence electrons. The third-order valence-electron chi connectivity index (χ3n) is 2.78. The molecule has 0 aliphatic carbocycles. The molecule has 0 aliphatic heterocycles. The molecule has 0 spiro atoms. The van der Waals surface area contributed by atoms with Gasteiger partial charge in [0, 0.05) is 0 Å². The monoisotopic (exact) mass is 258 g/mol. The largest absolute Gasteiger partial charge is 0.477 e. The summed E-state index contributed by atoms with van der Waals surface area (Å²) in [5, 5.41) is 13.3. The van der Waals surface area contributed by atoms with E-state index in [1.54, 1.807) is 0 Å². The first-order valence-corrected chi connectivity index (χ1v) is 6.05. The summed E-state index contributed by atoms with van der Waals surface area (Å²) in [6.45, 7) is 1.93. The van der Waals surface area contributed by atoms with Crippen molar-refractivity contribution in [1.82, 2.24) is 9.78 Å². The van der Waals surface area contributed by atoms with E-state index in [0.29, 0.717) is 12.1 Å². The Bertz CT molecular complexity index is 647. The Kier molecular flexibility index (Phi) is 3.75. The molecule has 1 aromatic carbocycles. The molecule has 0 bridgehead atoms. The Hall–Kier alpha value is -2.43. The number of hydrogen-bond donors (Lipinski definition) is 1. The number of carbonyl (C=O) groups is 1. The first-order valence-electron chi connectivity index (χ1n) is 6.05. The van der Waals surface area contributed by atoms with Crippen LogP contribution in [0.25, 0.3) is 5.69 Å². The molecule has 5 nitrogen and oxygen atoms in total. The Morgan fingerprint density at radius 3 is 2.58 bits per heavy atom. The van der Waals surface area contributed by atoms with Gasteiger partial charge in [0.1, 0.15) is 5.56 Å². The van der Waals surface area contributed by atoms with Crippen LogP contribution in [0.3, 0.4) is 0 Å². The van der Waals surface area contributed by atoms with E-state index < -0.39 is 11.4 Å². The van der Waals surface area contributed by atoms with E-state index in [4.69, 9.17) is 0 Å². The molecule has 1 aromatic heterocycles.